The maximum Gasteiger partial charge on any atom is 0.224 e. The Labute approximate surface area is 160 Å². The topological polar surface area (TPSA) is 44.7 Å². The van der Waals surface area contributed by atoms with Crippen molar-refractivity contribution in [1.82, 2.24) is 10.2 Å². The number of hydrogen-bond acceptors (Lipinski definition) is 4. The Hall–Kier alpha value is -1.43. The number of aliphatic hydroxyl groups is 1. The van der Waals surface area contributed by atoms with Crippen molar-refractivity contribution in [3.05, 3.63) is 59.1 Å². The molecule has 1 aliphatic heterocycles. The van der Waals surface area contributed by atoms with Gasteiger partial charge < -0.3 is 15.2 Å². The first-order valence-electron chi connectivity index (χ1n) is 9.18. The average molecular weight is 375 g/mol. The molecule has 0 aromatic heterocycles. The van der Waals surface area contributed by atoms with Crippen LogP contribution in [0.5, 0.6) is 0 Å². The second-order valence-corrected chi connectivity index (χ2v) is 7.26. The number of nitrogens with zero attached hydrogens (tertiary/aromatic N) is 1. The highest BCUT2D eigenvalue weighted by Crippen LogP contribution is 2.24. The van der Waals surface area contributed by atoms with Crippen LogP contribution in [0, 0.1) is 0 Å². The summed E-state index contributed by atoms with van der Waals surface area (Å²) in [7, 11) is 0. The summed E-state index contributed by atoms with van der Waals surface area (Å²) in [6.07, 6.45) is 0.858. The highest BCUT2D eigenvalue weighted by Gasteiger charge is 2.36. The van der Waals surface area contributed by atoms with E-state index in [1.54, 1.807) is 6.92 Å². The lowest BCUT2D eigenvalue weighted by Crippen LogP contribution is -2.62. The number of rotatable bonds is 6. The maximum absolute atomic E-state index is 10.7. The van der Waals surface area contributed by atoms with Crippen molar-refractivity contribution in [3.8, 4) is 11.1 Å². The van der Waals surface area contributed by atoms with Gasteiger partial charge in [-0.1, -0.05) is 48.0 Å². The van der Waals surface area contributed by atoms with Gasteiger partial charge >= 0.3 is 0 Å². The zero-order valence-electron chi connectivity index (χ0n) is 15.4. The van der Waals surface area contributed by atoms with Gasteiger partial charge in [0.25, 0.3) is 0 Å². The summed E-state index contributed by atoms with van der Waals surface area (Å²) in [6, 6.07) is 16.7. The zero-order valence-corrected chi connectivity index (χ0v) is 16.2. The summed E-state index contributed by atoms with van der Waals surface area (Å²) in [5.74, 6) is -1.23. The lowest BCUT2D eigenvalue weighted by molar-refractivity contribution is -0.291. The van der Waals surface area contributed by atoms with E-state index in [1.165, 1.54) is 11.1 Å². The van der Waals surface area contributed by atoms with Gasteiger partial charge in [0.1, 0.15) is 0 Å². The third kappa shape index (κ3) is 4.64. The molecule has 1 heterocycles. The van der Waals surface area contributed by atoms with Crippen LogP contribution >= 0.6 is 11.6 Å². The molecule has 2 aromatic carbocycles. The molecule has 2 aromatic rings. The molecule has 0 amide bonds. The molecule has 4 nitrogen and oxygen atoms in total. The molecule has 1 aliphatic rings. The molecule has 0 spiro atoms. The second-order valence-electron chi connectivity index (χ2n) is 6.83. The summed E-state index contributed by atoms with van der Waals surface area (Å²) in [5, 5.41) is 14.8. The van der Waals surface area contributed by atoms with Gasteiger partial charge in [-0.15, -0.1) is 0 Å². The summed E-state index contributed by atoms with van der Waals surface area (Å²) in [6.45, 7) is 6.58. The van der Waals surface area contributed by atoms with Crippen LogP contribution in [0.25, 0.3) is 11.1 Å². The van der Waals surface area contributed by atoms with E-state index in [0.29, 0.717) is 6.61 Å². The van der Waals surface area contributed by atoms with Gasteiger partial charge in [0, 0.05) is 44.2 Å². The van der Waals surface area contributed by atoms with Gasteiger partial charge in [-0.3, -0.25) is 0 Å². The Morgan fingerprint density at radius 2 is 1.77 bits per heavy atom. The number of hydrogen-bond donors (Lipinski definition) is 2. The van der Waals surface area contributed by atoms with Gasteiger partial charge in [0.15, 0.2) is 0 Å². The van der Waals surface area contributed by atoms with Crippen molar-refractivity contribution < 1.29 is 9.84 Å². The van der Waals surface area contributed by atoms with E-state index >= 15 is 0 Å². The van der Waals surface area contributed by atoms with E-state index < -0.39 is 5.91 Å². The Morgan fingerprint density at radius 1 is 1.15 bits per heavy atom. The Kier molecular flexibility index (Phi) is 6.33. The minimum atomic E-state index is -1.23. The molecule has 0 saturated carbocycles. The minimum Gasteiger partial charge on any atom is -0.353 e. The van der Waals surface area contributed by atoms with E-state index in [2.05, 4.69) is 34.5 Å². The molecule has 2 atom stereocenters. The quantitative estimate of drug-likeness (QED) is 0.759. The summed E-state index contributed by atoms with van der Waals surface area (Å²) in [4.78, 5) is 2.06. The smallest absolute Gasteiger partial charge is 0.224 e. The van der Waals surface area contributed by atoms with E-state index in [9.17, 15) is 5.11 Å². The maximum atomic E-state index is 10.7. The van der Waals surface area contributed by atoms with E-state index in [-0.39, 0.29) is 6.04 Å². The molecule has 0 radical (unpaired) electrons. The summed E-state index contributed by atoms with van der Waals surface area (Å²) in [5.41, 5.74) is 3.57. The van der Waals surface area contributed by atoms with Crippen molar-refractivity contribution in [2.75, 3.05) is 26.2 Å². The molecule has 2 unspecified atom stereocenters. The Balaban J connectivity index is 1.71. The second kappa shape index (κ2) is 8.51. The van der Waals surface area contributed by atoms with Crippen LogP contribution in [-0.2, 0) is 11.2 Å². The third-order valence-corrected chi connectivity index (χ3v) is 5.16. The highest BCUT2D eigenvalue weighted by atomic mass is 35.5. The number of piperazine rings is 1. The molecule has 0 aliphatic carbocycles. The van der Waals surface area contributed by atoms with Crippen LogP contribution in [0.2, 0.25) is 5.02 Å². The van der Waals surface area contributed by atoms with Crippen molar-refractivity contribution in [3.63, 3.8) is 0 Å². The van der Waals surface area contributed by atoms with Gasteiger partial charge in [0.05, 0.1) is 0 Å². The van der Waals surface area contributed by atoms with Crippen molar-refractivity contribution in [2.45, 2.75) is 32.2 Å². The van der Waals surface area contributed by atoms with E-state index in [4.69, 9.17) is 16.3 Å². The summed E-state index contributed by atoms with van der Waals surface area (Å²) >= 11 is 5.96. The molecular formula is C21H27ClN2O2. The molecule has 3 rings (SSSR count). The Morgan fingerprint density at radius 3 is 2.38 bits per heavy atom. The first-order chi connectivity index (χ1) is 12.5. The molecule has 1 fully saturated rings. The normalized spacial score (nSPS) is 20.7. The van der Waals surface area contributed by atoms with E-state index in [1.807, 2.05) is 31.2 Å². The molecule has 140 valence electrons. The predicted molar refractivity (Wildman–Crippen MR) is 106 cm³/mol. The fraction of sp³-hybridized carbons (Fsp3) is 0.429. The molecule has 2 N–H and O–H groups in total. The molecule has 5 heteroatoms. The van der Waals surface area contributed by atoms with Crippen LogP contribution < -0.4 is 5.32 Å². The molecular weight excluding hydrogens is 348 g/mol. The van der Waals surface area contributed by atoms with Crippen LogP contribution in [0.4, 0.5) is 0 Å². The largest absolute Gasteiger partial charge is 0.353 e. The highest BCUT2D eigenvalue weighted by molar-refractivity contribution is 6.30. The number of ether oxygens (including phenoxy) is 1. The standard InChI is InChI=1S/C21H27ClN2O2/c1-3-26-21(2,25)24-13-12-23-15-20(24)14-16-4-6-17(7-5-16)18-8-10-19(22)11-9-18/h4-11,20,23,25H,3,12-15H2,1-2H3. The number of halogens is 1. The fourth-order valence-electron chi connectivity index (χ4n) is 3.59. The van der Waals surface area contributed by atoms with Crippen molar-refractivity contribution >= 4 is 11.6 Å². The molecule has 26 heavy (non-hydrogen) atoms. The minimum absolute atomic E-state index is 0.187. The monoisotopic (exact) mass is 374 g/mol. The third-order valence-electron chi connectivity index (χ3n) is 4.90. The predicted octanol–water partition coefficient (Wildman–Crippen LogP) is 3.53. The zero-order chi connectivity index (χ0) is 18.6. The van der Waals surface area contributed by atoms with Gasteiger partial charge in [-0.25, -0.2) is 4.90 Å². The van der Waals surface area contributed by atoms with Crippen LogP contribution in [-0.4, -0.2) is 48.2 Å². The van der Waals surface area contributed by atoms with Crippen LogP contribution in [0.3, 0.4) is 0 Å². The van der Waals surface area contributed by atoms with Crippen molar-refractivity contribution in [1.29, 1.82) is 0 Å². The van der Waals surface area contributed by atoms with Crippen LogP contribution in [0.1, 0.15) is 19.4 Å². The average Bonchev–Trinajstić information content (AvgIpc) is 2.63. The summed E-state index contributed by atoms with van der Waals surface area (Å²) < 4.78 is 5.57. The molecule has 0 bridgehead atoms. The van der Waals surface area contributed by atoms with Gasteiger partial charge in [0.2, 0.25) is 5.91 Å². The van der Waals surface area contributed by atoms with Crippen LogP contribution in [0.15, 0.2) is 48.5 Å². The van der Waals surface area contributed by atoms with Gasteiger partial charge in [-0.05, 0) is 42.2 Å². The first-order valence-corrected chi connectivity index (χ1v) is 9.56. The number of benzene rings is 2. The number of nitrogens with one attached hydrogen (secondary N) is 1. The van der Waals surface area contributed by atoms with Crippen molar-refractivity contribution in [2.24, 2.45) is 0 Å². The Bertz CT molecular complexity index is 701. The van der Waals surface area contributed by atoms with Gasteiger partial charge in [-0.2, -0.15) is 0 Å². The first kappa shape index (κ1) is 19.3. The lowest BCUT2D eigenvalue weighted by Gasteiger charge is -2.44. The molecule has 1 saturated heterocycles. The van der Waals surface area contributed by atoms with E-state index in [0.717, 1.165) is 36.6 Å². The fourth-order valence-corrected chi connectivity index (χ4v) is 3.72. The lowest BCUT2D eigenvalue weighted by atomic mass is 9.99. The SMILES string of the molecule is CCOC(C)(O)N1CCNCC1Cc1ccc(-c2ccc(Cl)cc2)cc1.